The highest BCUT2D eigenvalue weighted by Crippen LogP contribution is 2.62. The maximum Gasteiger partial charge on any atom is 0.309 e. The van der Waals surface area contributed by atoms with Crippen LogP contribution in [0.4, 0.5) is 4.39 Å². The molecule has 1 fully saturated rings. The van der Waals surface area contributed by atoms with Crippen LogP contribution < -0.4 is 9.47 Å². The van der Waals surface area contributed by atoms with E-state index in [1.807, 2.05) is 25.1 Å². The van der Waals surface area contributed by atoms with Gasteiger partial charge in [0.15, 0.2) is 0 Å². The molecule has 2 atom stereocenters. The van der Waals surface area contributed by atoms with E-state index >= 15 is 0 Å². The maximum atomic E-state index is 14.9. The van der Waals surface area contributed by atoms with E-state index < -0.39 is 0 Å². The number of methoxy groups -OCH3 is 1. The number of allylic oxidation sites excluding steroid dienone is 2. The molecular weight excluding hydrogens is 479 g/mol. The van der Waals surface area contributed by atoms with E-state index in [9.17, 15) is 9.18 Å². The van der Waals surface area contributed by atoms with Gasteiger partial charge in [-0.15, -0.1) is 0 Å². The number of hydrogen-bond acceptors (Lipinski definition) is 4. The molecule has 38 heavy (non-hydrogen) atoms. The van der Waals surface area contributed by atoms with Crippen LogP contribution >= 0.6 is 0 Å². The lowest BCUT2D eigenvalue weighted by molar-refractivity contribution is -0.145. The minimum atomic E-state index is -0.261. The topological polar surface area (TPSA) is 44.8 Å². The molecule has 3 aliphatic rings. The molecule has 3 aromatic rings. The Hall–Kier alpha value is -3.60. The van der Waals surface area contributed by atoms with Gasteiger partial charge < -0.3 is 14.2 Å². The normalized spacial score (nSPS) is 21.2. The molecule has 0 amide bonds. The highest BCUT2D eigenvalue weighted by Gasteiger charge is 2.62. The van der Waals surface area contributed by atoms with Crippen molar-refractivity contribution >= 4 is 11.5 Å². The first kappa shape index (κ1) is 24.7. The quantitative estimate of drug-likeness (QED) is 0.295. The average Bonchev–Trinajstić information content (AvgIpc) is 3.24. The number of halogens is 1. The lowest BCUT2D eigenvalue weighted by Crippen LogP contribution is -2.15. The van der Waals surface area contributed by atoms with Gasteiger partial charge in [-0.2, -0.15) is 0 Å². The molecule has 0 bridgehead atoms. The fourth-order valence-electron chi connectivity index (χ4n) is 6.35. The summed E-state index contributed by atoms with van der Waals surface area (Å²) < 4.78 is 31.8. The van der Waals surface area contributed by atoms with Gasteiger partial charge in [-0.05, 0) is 115 Å². The fourth-order valence-corrected chi connectivity index (χ4v) is 6.35. The van der Waals surface area contributed by atoms with Crippen LogP contribution in [-0.2, 0) is 28.0 Å². The number of carbonyl (C=O) groups is 1. The minimum absolute atomic E-state index is 0.0363. The van der Waals surface area contributed by atoms with Crippen LogP contribution in [0.1, 0.15) is 61.3 Å². The molecular formula is C33H33FO4. The van der Waals surface area contributed by atoms with E-state index in [2.05, 4.69) is 24.3 Å². The van der Waals surface area contributed by atoms with Gasteiger partial charge in [-0.3, -0.25) is 4.79 Å². The predicted octanol–water partition coefficient (Wildman–Crippen LogP) is 7.41. The molecule has 4 nitrogen and oxygen atoms in total. The van der Waals surface area contributed by atoms with Gasteiger partial charge in [0, 0.05) is 11.0 Å². The summed E-state index contributed by atoms with van der Waals surface area (Å²) in [6, 6.07) is 17.3. The van der Waals surface area contributed by atoms with Crippen LogP contribution in [0.3, 0.4) is 0 Å². The van der Waals surface area contributed by atoms with Crippen molar-refractivity contribution in [1.29, 1.82) is 0 Å². The van der Waals surface area contributed by atoms with Crippen molar-refractivity contribution in [3.05, 3.63) is 88.7 Å². The smallest absolute Gasteiger partial charge is 0.309 e. The van der Waals surface area contributed by atoms with E-state index in [1.165, 1.54) is 22.8 Å². The van der Waals surface area contributed by atoms with Crippen molar-refractivity contribution in [3.63, 3.8) is 0 Å². The Kier molecular flexibility index (Phi) is 6.46. The van der Waals surface area contributed by atoms with E-state index in [0.29, 0.717) is 24.5 Å². The first-order valence-corrected chi connectivity index (χ1v) is 13.6. The van der Waals surface area contributed by atoms with Gasteiger partial charge in [-0.1, -0.05) is 24.3 Å². The molecule has 0 aliphatic heterocycles. The standard InChI is InChI=1S/C33H33FO4/c1-3-37-32(35)30-19-33(30)15-14-23-9-10-25(18-29(23)33)38-20-21-8-12-26(27(16-21)22-6-4-5-7-22)28-17-24(36-2)11-13-31(28)34/h6,8-13,16-18,30H,3-5,7,14-15,19-20H2,1-2H3/t30?,33-/m0/s1. The number of esters is 1. The van der Waals surface area contributed by atoms with E-state index in [4.69, 9.17) is 14.2 Å². The molecule has 3 aliphatic carbocycles. The van der Waals surface area contributed by atoms with Gasteiger partial charge in [0.25, 0.3) is 0 Å². The Bertz CT molecular complexity index is 1420. The summed E-state index contributed by atoms with van der Waals surface area (Å²) in [5, 5.41) is 0. The second kappa shape index (κ2) is 9.94. The zero-order valence-corrected chi connectivity index (χ0v) is 22.0. The van der Waals surface area contributed by atoms with Crippen molar-refractivity contribution < 1.29 is 23.4 Å². The number of ether oxygens (including phenoxy) is 3. The Labute approximate surface area is 223 Å². The molecule has 0 heterocycles. The van der Waals surface area contributed by atoms with E-state index in [-0.39, 0.29) is 23.1 Å². The Balaban J connectivity index is 1.25. The molecule has 0 aromatic heterocycles. The van der Waals surface area contributed by atoms with Crippen molar-refractivity contribution in [2.24, 2.45) is 5.92 Å². The Morgan fingerprint density at radius 3 is 2.66 bits per heavy atom. The number of benzene rings is 3. The first-order valence-electron chi connectivity index (χ1n) is 13.6. The zero-order chi connectivity index (χ0) is 26.3. The largest absolute Gasteiger partial charge is 0.497 e. The van der Waals surface area contributed by atoms with Crippen LogP contribution in [0.2, 0.25) is 0 Å². The van der Waals surface area contributed by atoms with Crippen LogP contribution in [0.5, 0.6) is 11.5 Å². The lowest BCUT2D eigenvalue weighted by atomic mass is 9.92. The summed E-state index contributed by atoms with van der Waals surface area (Å²) in [5.74, 6) is 1.07. The number of aryl methyl sites for hydroxylation is 1. The second-order valence-corrected chi connectivity index (χ2v) is 10.6. The minimum Gasteiger partial charge on any atom is -0.497 e. The van der Waals surface area contributed by atoms with Crippen molar-refractivity contribution in [2.75, 3.05) is 13.7 Å². The number of rotatable bonds is 8. The lowest BCUT2D eigenvalue weighted by Gasteiger charge is -2.16. The molecule has 6 rings (SSSR count). The first-order chi connectivity index (χ1) is 18.5. The summed E-state index contributed by atoms with van der Waals surface area (Å²) in [5.41, 5.74) is 7.23. The fraction of sp³-hybridized carbons (Fsp3) is 0.364. The average molecular weight is 513 g/mol. The van der Waals surface area contributed by atoms with E-state index in [0.717, 1.165) is 61.0 Å². The third kappa shape index (κ3) is 4.38. The zero-order valence-electron chi connectivity index (χ0n) is 22.0. The molecule has 1 unspecified atom stereocenters. The Morgan fingerprint density at radius 2 is 1.87 bits per heavy atom. The maximum absolute atomic E-state index is 14.9. The molecule has 1 spiro atoms. The molecule has 3 aromatic carbocycles. The van der Waals surface area contributed by atoms with Crippen LogP contribution in [0, 0.1) is 11.7 Å². The SMILES string of the molecule is CCOC(=O)C1C[C@]12CCc1ccc(OCc3ccc(-c4cc(OC)ccc4F)c(C4=CCCC4)c3)cc12. The van der Waals surface area contributed by atoms with Crippen molar-refractivity contribution in [2.45, 2.75) is 57.5 Å². The summed E-state index contributed by atoms with van der Waals surface area (Å²) >= 11 is 0. The highest BCUT2D eigenvalue weighted by atomic mass is 19.1. The highest BCUT2D eigenvalue weighted by molar-refractivity contribution is 5.83. The molecule has 1 saturated carbocycles. The second-order valence-electron chi connectivity index (χ2n) is 10.6. The van der Waals surface area contributed by atoms with Gasteiger partial charge in [0.2, 0.25) is 0 Å². The summed E-state index contributed by atoms with van der Waals surface area (Å²) in [4.78, 5) is 12.4. The van der Waals surface area contributed by atoms with Crippen molar-refractivity contribution in [1.82, 2.24) is 0 Å². The van der Waals surface area contributed by atoms with Gasteiger partial charge >= 0.3 is 5.97 Å². The Morgan fingerprint density at radius 1 is 1.00 bits per heavy atom. The van der Waals surface area contributed by atoms with E-state index in [1.54, 1.807) is 19.2 Å². The van der Waals surface area contributed by atoms with Crippen LogP contribution in [-0.4, -0.2) is 19.7 Å². The molecule has 0 radical (unpaired) electrons. The van der Waals surface area contributed by atoms with Crippen LogP contribution in [0.15, 0.2) is 60.7 Å². The third-order valence-corrected chi connectivity index (χ3v) is 8.44. The van der Waals surface area contributed by atoms with Crippen molar-refractivity contribution in [3.8, 4) is 22.6 Å². The summed E-state index contributed by atoms with van der Waals surface area (Å²) in [6.45, 7) is 2.69. The number of hydrogen-bond donors (Lipinski definition) is 0. The molecule has 0 saturated heterocycles. The molecule has 0 N–H and O–H groups in total. The third-order valence-electron chi connectivity index (χ3n) is 8.44. The van der Waals surface area contributed by atoms with Gasteiger partial charge in [0.1, 0.15) is 23.9 Å². The predicted molar refractivity (Wildman–Crippen MR) is 146 cm³/mol. The molecule has 196 valence electrons. The monoisotopic (exact) mass is 512 g/mol. The number of fused-ring (bicyclic) bond motifs is 2. The summed E-state index contributed by atoms with van der Waals surface area (Å²) in [6.07, 6.45) is 8.25. The van der Waals surface area contributed by atoms with Crippen LogP contribution in [0.25, 0.3) is 16.7 Å². The number of carbonyl (C=O) groups excluding carboxylic acids is 1. The summed E-state index contributed by atoms with van der Waals surface area (Å²) in [7, 11) is 1.60. The molecule has 5 heteroatoms. The van der Waals surface area contributed by atoms with Gasteiger partial charge in [0.05, 0.1) is 19.6 Å². The van der Waals surface area contributed by atoms with Gasteiger partial charge in [-0.25, -0.2) is 4.39 Å².